The van der Waals surface area contributed by atoms with E-state index >= 15 is 0 Å². The molecule has 45 heavy (non-hydrogen) atoms. The molecule has 4 heteroatoms. The van der Waals surface area contributed by atoms with Crippen molar-refractivity contribution in [2.45, 2.75) is 212 Å². The van der Waals surface area contributed by atoms with Crippen molar-refractivity contribution in [3.63, 3.8) is 0 Å². The Morgan fingerprint density at radius 3 is 1.36 bits per heavy atom. The van der Waals surface area contributed by atoms with Crippen molar-refractivity contribution in [2.75, 3.05) is 6.61 Å². The second kappa shape index (κ2) is 37.1. The molecule has 0 saturated heterocycles. The number of aliphatic hydroxyl groups excluding tert-OH is 2. The molecule has 0 bridgehead atoms. The van der Waals surface area contributed by atoms with Gasteiger partial charge in [-0.05, 0) is 51.4 Å². The number of unbranched alkanes of at least 4 members (excludes halogenated alkanes) is 24. The van der Waals surface area contributed by atoms with E-state index in [1.807, 2.05) is 6.08 Å². The summed E-state index contributed by atoms with van der Waals surface area (Å²) in [6, 6.07) is -0.617. The highest BCUT2D eigenvalue weighted by atomic mass is 16.3. The van der Waals surface area contributed by atoms with E-state index in [0.717, 1.165) is 32.1 Å². The first-order chi connectivity index (χ1) is 22.2. The number of amides is 1. The van der Waals surface area contributed by atoms with Crippen LogP contribution >= 0.6 is 0 Å². The maximum Gasteiger partial charge on any atom is 0.220 e. The molecule has 1 amide bonds. The van der Waals surface area contributed by atoms with Crippen LogP contribution in [0.15, 0.2) is 36.5 Å². The van der Waals surface area contributed by atoms with Gasteiger partial charge in [0.15, 0.2) is 0 Å². The van der Waals surface area contributed by atoms with Gasteiger partial charge < -0.3 is 15.5 Å². The Balaban J connectivity index is 3.43. The van der Waals surface area contributed by atoms with Crippen molar-refractivity contribution in [1.82, 2.24) is 5.32 Å². The minimum atomic E-state index is -0.833. The largest absolute Gasteiger partial charge is 0.394 e. The maximum absolute atomic E-state index is 12.2. The van der Waals surface area contributed by atoms with Gasteiger partial charge in [0, 0.05) is 6.42 Å². The molecule has 0 fully saturated rings. The van der Waals surface area contributed by atoms with Crippen LogP contribution in [0.2, 0.25) is 0 Å². The van der Waals surface area contributed by atoms with Gasteiger partial charge >= 0.3 is 0 Å². The van der Waals surface area contributed by atoms with E-state index in [4.69, 9.17) is 0 Å². The van der Waals surface area contributed by atoms with E-state index in [1.165, 1.54) is 148 Å². The molecular weight excluding hydrogens is 554 g/mol. The van der Waals surface area contributed by atoms with Gasteiger partial charge in [0.05, 0.1) is 18.8 Å². The highest BCUT2D eigenvalue weighted by molar-refractivity contribution is 5.76. The molecule has 0 aromatic heterocycles. The Morgan fingerprint density at radius 2 is 0.911 bits per heavy atom. The maximum atomic E-state index is 12.2. The van der Waals surface area contributed by atoms with Crippen LogP contribution in [0.4, 0.5) is 0 Å². The average Bonchev–Trinajstić information content (AvgIpc) is 3.04. The lowest BCUT2D eigenvalue weighted by Gasteiger charge is -2.20. The predicted octanol–water partition coefficient (Wildman–Crippen LogP) is 11.8. The van der Waals surface area contributed by atoms with Gasteiger partial charge in [0.1, 0.15) is 0 Å². The molecule has 0 aliphatic carbocycles. The van der Waals surface area contributed by atoms with Gasteiger partial charge in [-0.25, -0.2) is 0 Å². The molecule has 0 heterocycles. The van der Waals surface area contributed by atoms with Crippen LogP contribution in [0.25, 0.3) is 0 Å². The van der Waals surface area contributed by atoms with Gasteiger partial charge in [-0.1, -0.05) is 179 Å². The highest BCUT2D eigenvalue weighted by Crippen LogP contribution is 2.14. The van der Waals surface area contributed by atoms with Gasteiger partial charge in [0.25, 0.3) is 0 Å². The summed E-state index contributed by atoms with van der Waals surface area (Å²) in [6.45, 7) is 4.22. The molecule has 2 unspecified atom stereocenters. The van der Waals surface area contributed by atoms with Crippen LogP contribution in [0.1, 0.15) is 200 Å². The molecule has 2 atom stereocenters. The van der Waals surface area contributed by atoms with Crippen LogP contribution in [0.5, 0.6) is 0 Å². The standard InChI is InChI=1S/C41H77NO3/c1-3-5-7-9-11-12-13-14-15-16-17-18-19-20-21-22-23-24-25-26-27-28-29-30-31-33-35-37-41(45)42-39(38-43)40(44)36-34-32-10-8-6-4-2/h13-14,16-17,34,36,39-40,43-44H,3-12,15,18-33,35,37-38H2,1-2H3,(H,42,45)/b14-13-,17-16-,36-34+. The summed E-state index contributed by atoms with van der Waals surface area (Å²) in [5.41, 5.74) is 0. The number of carbonyl (C=O) groups is 1. The van der Waals surface area contributed by atoms with Crippen LogP contribution in [0, 0.1) is 0 Å². The molecule has 0 rings (SSSR count). The minimum Gasteiger partial charge on any atom is -0.394 e. The number of rotatable bonds is 35. The predicted molar refractivity (Wildman–Crippen MR) is 198 cm³/mol. The van der Waals surface area contributed by atoms with Crippen molar-refractivity contribution < 1.29 is 15.0 Å². The zero-order valence-corrected chi connectivity index (χ0v) is 30.1. The van der Waals surface area contributed by atoms with E-state index in [0.29, 0.717) is 6.42 Å². The SMILES string of the molecule is CCCCCC/C=C/C(O)C(CO)NC(=O)CCCCCCCCCCCCCCCCC/C=C\C/C=C\CCCCCCC. The fourth-order valence-corrected chi connectivity index (χ4v) is 5.80. The van der Waals surface area contributed by atoms with Gasteiger partial charge in [-0.3, -0.25) is 4.79 Å². The lowest BCUT2D eigenvalue weighted by molar-refractivity contribution is -0.123. The second-order valence-electron chi connectivity index (χ2n) is 13.3. The lowest BCUT2D eigenvalue weighted by Crippen LogP contribution is -2.45. The quantitative estimate of drug-likeness (QED) is 0.0481. The normalized spacial score (nSPS) is 13.4. The summed E-state index contributed by atoms with van der Waals surface area (Å²) >= 11 is 0. The Labute approximate surface area is 281 Å². The van der Waals surface area contributed by atoms with Crippen LogP contribution in [0.3, 0.4) is 0 Å². The first-order valence-corrected chi connectivity index (χ1v) is 19.7. The molecule has 0 aliphatic heterocycles. The second-order valence-corrected chi connectivity index (χ2v) is 13.3. The van der Waals surface area contributed by atoms with Crippen molar-refractivity contribution in [2.24, 2.45) is 0 Å². The third-order valence-electron chi connectivity index (χ3n) is 8.87. The van der Waals surface area contributed by atoms with Crippen molar-refractivity contribution in [1.29, 1.82) is 0 Å². The topological polar surface area (TPSA) is 69.6 Å². The van der Waals surface area contributed by atoms with Crippen molar-refractivity contribution in [3.05, 3.63) is 36.5 Å². The summed E-state index contributed by atoms with van der Waals surface area (Å²) in [4.78, 5) is 12.2. The van der Waals surface area contributed by atoms with Crippen molar-refractivity contribution >= 4 is 5.91 Å². The Morgan fingerprint density at radius 1 is 0.533 bits per heavy atom. The molecule has 4 nitrogen and oxygen atoms in total. The number of aliphatic hydroxyl groups is 2. The molecule has 0 radical (unpaired) electrons. The van der Waals surface area contributed by atoms with E-state index in [1.54, 1.807) is 6.08 Å². The minimum absolute atomic E-state index is 0.0703. The number of nitrogens with one attached hydrogen (secondary N) is 1. The number of hydrogen-bond donors (Lipinski definition) is 3. The first kappa shape index (κ1) is 43.6. The third-order valence-corrected chi connectivity index (χ3v) is 8.87. The summed E-state index contributed by atoms with van der Waals surface area (Å²) < 4.78 is 0. The molecule has 0 saturated carbocycles. The van der Waals surface area contributed by atoms with Crippen LogP contribution in [-0.2, 0) is 4.79 Å². The van der Waals surface area contributed by atoms with Gasteiger partial charge in [-0.15, -0.1) is 0 Å². The molecule has 3 N–H and O–H groups in total. The lowest BCUT2D eigenvalue weighted by atomic mass is 10.0. The Kier molecular flexibility index (Phi) is 35.9. The number of carbonyl (C=O) groups excluding carboxylic acids is 1. The summed E-state index contributed by atoms with van der Waals surface area (Å²) in [5, 5.41) is 22.7. The van der Waals surface area contributed by atoms with Gasteiger partial charge in [0.2, 0.25) is 5.91 Å². The Hall–Kier alpha value is -1.39. The summed E-state index contributed by atoms with van der Waals surface area (Å²) in [7, 11) is 0. The monoisotopic (exact) mass is 632 g/mol. The molecular formula is C41H77NO3. The first-order valence-electron chi connectivity index (χ1n) is 19.7. The van der Waals surface area contributed by atoms with E-state index < -0.39 is 12.1 Å². The van der Waals surface area contributed by atoms with Crippen molar-refractivity contribution in [3.8, 4) is 0 Å². The van der Waals surface area contributed by atoms with E-state index in [2.05, 4.69) is 43.5 Å². The number of allylic oxidation sites excluding steroid dienone is 5. The highest BCUT2D eigenvalue weighted by Gasteiger charge is 2.17. The smallest absolute Gasteiger partial charge is 0.220 e. The average molecular weight is 632 g/mol. The third kappa shape index (κ3) is 33.8. The van der Waals surface area contributed by atoms with Gasteiger partial charge in [-0.2, -0.15) is 0 Å². The Bertz CT molecular complexity index is 686. The van der Waals surface area contributed by atoms with Crippen LogP contribution in [-0.4, -0.2) is 34.9 Å². The molecule has 0 spiro atoms. The summed E-state index contributed by atoms with van der Waals surface area (Å²) in [5.74, 6) is -0.0703. The molecule has 0 aromatic carbocycles. The molecule has 0 aromatic rings. The fraction of sp³-hybridized carbons (Fsp3) is 0.829. The fourth-order valence-electron chi connectivity index (χ4n) is 5.80. The van der Waals surface area contributed by atoms with E-state index in [-0.39, 0.29) is 12.5 Å². The van der Waals surface area contributed by atoms with Crippen LogP contribution < -0.4 is 5.32 Å². The summed E-state index contributed by atoms with van der Waals surface area (Å²) in [6.07, 6.45) is 48.4. The molecule has 264 valence electrons. The zero-order valence-electron chi connectivity index (χ0n) is 30.1. The number of hydrogen-bond acceptors (Lipinski definition) is 3. The zero-order chi connectivity index (χ0) is 32.9. The van der Waals surface area contributed by atoms with E-state index in [9.17, 15) is 15.0 Å². The molecule has 0 aliphatic rings.